The first-order valence-corrected chi connectivity index (χ1v) is 13.6. The third kappa shape index (κ3) is 4.51. The average molecular weight is 531 g/mol. The molecule has 1 aliphatic rings. The van der Waals surface area contributed by atoms with Crippen LogP contribution < -0.4 is 5.32 Å². The lowest BCUT2D eigenvalue weighted by Gasteiger charge is -2.20. The van der Waals surface area contributed by atoms with Gasteiger partial charge in [-0.1, -0.05) is 43.5 Å². The number of amides is 1. The van der Waals surface area contributed by atoms with Crippen LogP contribution in [0.15, 0.2) is 79.3 Å². The van der Waals surface area contributed by atoms with Gasteiger partial charge in [0, 0.05) is 45.7 Å². The normalized spacial score (nSPS) is 14.1. The lowest BCUT2D eigenvalue weighted by Crippen LogP contribution is -2.24. The second-order valence-electron chi connectivity index (χ2n) is 10.4. The summed E-state index contributed by atoms with van der Waals surface area (Å²) >= 11 is 0. The number of benzene rings is 2. The number of rotatable bonds is 5. The lowest BCUT2D eigenvalue weighted by atomic mass is 9.88. The molecule has 198 valence electrons. The molecule has 3 N–H and O–H groups in total. The molecule has 0 radical (unpaired) electrons. The van der Waals surface area contributed by atoms with E-state index in [1.54, 1.807) is 30.7 Å². The zero-order valence-corrected chi connectivity index (χ0v) is 21.7. The van der Waals surface area contributed by atoms with Gasteiger partial charge in [-0.15, -0.1) is 0 Å². The van der Waals surface area contributed by atoms with Crippen molar-refractivity contribution in [3.8, 4) is 33.6 Å². The summed E-state index contributed by atoms with van der Waals surface area (Å²) in [5.41, 5.74) is 7.36. The van der Waals surface area contributed by atoms with E-state index >= 15 is 0 Å². The molecule has 4 heterocycles. The molecule has 40 heavy (non-hydrogen) atoms. The number of nitrogens with zero attached hydrogens (tertiary/aromatic N) is 3. The topological polar surface area (TPSA) is 99.3 Å². The summed E-state index contributed by atoms with van der Waals surface area (Å²) in [6.07, 6.45) is 10.5. The fourth-order valence-electron chi connectivity index (χ4n) is 5.74. The SMILES string of the molecule is O=C(Nc1cncc(-c2cnc3n[nH]c(-c4cc5c(-c6cccc(F)c6)cccc5[nH]4)c3c2)c1)C1CCCCC1. The van der Waals surface area contributed by atoms with Crippen molar-refractivity contribution in [3.63, 3.8) is 0 Å². The number of anilines is 1. The monoisotopic (exact) mass is 530 g/mol. The molecule has 6 aromatic rings. The summed E-state index contributed by atoms with van der Waals surface area (Å²) in [6, 6.07) is 18.6. The molecule has 4 aromatic heterocycles. The van der Waals surface area contributed by atoms with Crippen molar-refractivity contribution in [1.29, 1.82) is 0 Å². The average Bonchev–Trinajstić information content (AvgIpc) is 3.61. The van der Waals surface area contributed by atoms with Crippen LogP contribution in [0.4, 0.5) is 10.1 Å². The Morgan fingerprint density at radius 3 is 2.60 bits per heavy atom. The Morgan fingerprint density at radius 1 is 0.875 bits per heavy atom. The van der Waals surface area contributed by atoms with Crippen LogP contribution in [-0.2, 0) is 4.79 Å². The Balaban J connectivity index is 1.23. The van der Waals surface area contributed by atoms with Crippen molar-refractivity contribution in [3.05, 3.63) is 85.1 Å². The van der Waals surface area contributed by atoms with Gasteiger partial charge >= 0.3 is 0 Å². The summed E-state index contributed by atoms with van der Waals surface area (Å²) in [6.45, 7) is 0. The highest BCUT2D eigenvalue weighted by Gasteiger charge is 2.21. The van der Waals surface area contributed by atoms with Crippen molar-refractivity contribution in [1.82, 2.24) is 25.1 Å². The van der Waals surface area contributed by atoms with E-state index in [2.05, 4.69) is 36.5 Å². The Labute approximate surface area is 229 Å². The Kier molecular flexibility index (Phi) is 6.07. The minimum absolute atomic E-state index is 0.0702. The Morgan fingerprint density at radius 2 is 1.73 bits per heavy atom. The molecule has 0 unspecified atom stereocenters. The first-order valence-electron chi connectivity index (χ1n) is 13.6. The van der Waals surface area contributed by atoms with E-state index in [1.165, 1.54) is 12.5 Å². The first kappa shape index (κ1) is 24.2. The first-order chi connectivity index (χ1) is 19.6. The van der Waals surface area contributed by atoms with Crippen molar-refractivity contribution in [2.24, 2.45) is 5.92 Å². The van der Waals surface area contributed by atoms with Crippen LogP contribution in [0.3, 0.4) is 0 Å². The predicted octanol–water partition coefficient (Wildman–Crippen LogP) is 7.49. The number of halogens is 1. The zero-order chi connectivity index (χ0) is 27.1. The molecule has 0 atom stereocenters. The number of hydrogen-bond donors (Lipinski definition) is 3. The van der Waals surface area contributed by atoms with E-state index in [0.29, 0.717) is 11.3 Å². The van der Waals surface area contributed by atoms with Crippen LogP contribution in [0.5, 0.6) is 0 Å². The van der Waals surface area contributed by atoms with Gasteiger partial charge in [-0.2, -0.15) is 5.10 Å². The molecule has 0 bridgehead atoms. The molecule has 1 amide bonds. The number of pyridine rings is 2. The van der Waals surface area contributed by atoms with Gasteiger partial charge in [-0.25, -0.2) is 9.37 Å². The highest BCUT2D eigenvalue weighted by Crippen LogP contribution is 2.35. The molecular weight excluding hydrogens is 503 g/mol. The maximum absolute atomic E-state index is 14.0. The minimum atomic E-state index is -0.268. The van der Waals surface area contributed by atoms with Crippen molar-refractivity contribution in [2.45, 2.75) is 32.1 Å². The number of carbonyl (C=O) groups excluding carboxylic acids is 1. The summed E-state index contributed by atoms with van der Waals surface area (Å²) < 4.78 is 14.0. The van der Waals surface area contributed by atoms with Crippen LogP contribution in [-0.4, -0.2) is 31.1 Å². The van der Waals surface area contributed by atoms with E-state index in [-0.39, 0.29) is 17.6 Å². The number of aromatic amines is 2. The van der Waals surface area contributed by atoms with Gasteiger partial charge in [0.2, 0.25) is 5.91 Å². The maximum Gasteiger partial charge on any atom is 0.227 e. The second kappa shape index (κ2) is 10.0. The fourth-order valence-corrected chi connectivity index (χ4v) is 5.74. The molecule has 7 rings (SSSR count). The van der Waals surface area contributed by atoms with Crippen LogP contribution in [0.2, 0.25) is 0 Å². The van der Waals surface area contributed by atoms with E-state index < -0.39 is 0 Å². The maximum atomic E-state index is 14.0. The largest absolute Gasteiger partial charge is 0.353 e. The third-order valence-electron chi connectivity index (χ3n) is 7.79. The van der Waals surface area contributed by atoms with Crippen molar-refractivity contribution in [2.75, 3.05) is 5.32 Å². The summed E-state index contributed by atoms with van der Waals surface area (Å²) in [5, 5.41) is 12.5. The standard InChI is InChI=1S/C32H27FN6O/c33-23-9-4-8-20(12-23)25-10-5-11-28-26(25)15-29(37-28)30-27-14-22(17-35-31(27)39-38-30)21-13-24(18-34-16-21)36-32(40)19-6-2-1-3-7-19/h4-5,8-19,37H,1-3,6-7H2,(H,36,40)(H,35,38,39). The molecule has 1 fully saturated rings. The zero-order valence-electron chi connectivity index (χ0n) is 21.7. The van der Waals surface area contributed by atoms with Gasteiger partial charge in [-0.3, -0.25) is 14.9 Å². The quantitative estimate of drug-likeness (QED) is 0.215. The van der Waals surface area contributed by atoms with Crippen LogP contribution in [0, 0.1) is 11.7 Å². The molecule has 0 aliphatic heterocycles. The van der Waals surface area contributed by atoms with E-state index in [0.717, 1.165) is 75.6 Å². The minimum Gasteiger partial charge on any atom is -0.353 e. The molecular formula is C32H27FN6O. The van der Waals surface area contributed by atoms with E-state index in [1.807, 2.05) is 36.4 Å². The van der Waals surface area contributed by atoms with Gasteiger partial charge in [0.1, 0.15) is 5.82 Å². The number of H-pyrrole nitrogens is 2. The van der Waals surface area contributed by atoms with Gasteiger partial charge in [0.05, 0.1) is 23.3 Å². The molecule has 0 saturated heterocycles. The third-order valence-corrected chi connectivity index (χ3v) is 7.79. The van der Waals surface area contributed by atoms with Crippen molar-refractivity contribution < 1.29 is 9.18 Å². The van der Waals surface area contributed by atoms with Crippen molar-refractivity contribution >= 4 is 33.5 Å². The molecule has 1 saturated carbocycles. The second-order valence-corrected chi connectivity index (χ2v) is 10.4. The number of fused-ring (bicyclic) bond motifs is 2. The molecule has 8 heteroatoms. The Hall–Kier alpha value is -4.85. The summed E-state index contributed by atoms with van der Waals surface area (Å²) in [7, 11) is 0. The number of nitrogens with one attached hydrogen (secondary N) is 3. The predicted molar refractivity (Wildman–Crippen MR) is 155 cm³/mol. The summed E-state index contributed by atoms with van der Waals surface area (Å²) in [5.74, 6) is -0.127. The lowest BCUT2D eigenvalue weighted by molar-refractivity contribution is -0.120. The highest BCUT2D eigenvalue weighted by molar-refractivity contribution is 6.01. The number of hydrogen-bond acceptors (Lipinski definition) is 4. The van der Waals surface area contributed by atoms with Gasteiger partial charge in [-0.05, 0) is 60.4 Å². The smallest absolute Gasteiger partial charge is 0.227 e. The Bertz CT molecular complexity index is 1870. The number of aromatic nitrogens is 5. The molecule has 2 aromatic carbocycles. The highest BCUT2D eigenvalue weighted by atomic mass is 19.1. The fraction of sp³-hybridized carbons (Fsp3) is 0.188. The van der Waals surface area contributed by atoms with Crippen LogP contribution in [0.1, 0.15) is 32.1 Å². The van der Waals surface area contributed by atoms with E-state index in [4.69, 9.17) is 0 Å². The van der Waals surface area contributed by atoms with Crippen LogP contribution >= 0.6 is 0 Å². The molecule has 7 nitrogen and oxygen atoms in total. The molecule has 1 aliphatic carbocycles. The van der Waals surface area contributed by atoms with Gasteiger partial charge in [0.25, 0.3) is 0 Å². The van der Waals surface area contributed by atoms with Gasteiger partial charge < -0.3 is 10.3 Å². The summed E-state index contributed by atoms with van der Waals surface area (Å²) in [4.78, 5) is 25.2. The van der Waals surface area contributed by atoms with E-state index in [9.17, 15) is 9.18 Å². The van der Waals surface area contributed by atoms with Crippen LogP contribution in [0.25, 0.3) is 55.6 Å². The molecule has 0 spiro atoms. The van der Waals surface area contributed by atoms with Gasteiger partial charge in [0.15, 0.2) is 5.65 Å². The number of carbonyl (C=O) groups is 1.